The van der Waals surface area contributed by atoms with Crippen molar-refractivity contribution in [1.29, 1.82) is 0 Å². The monoisotopic (exact) mass is 229 g/mol. The highest BCUT2D eigenvalue weighted by Crippen LogP contribution is 2.11. The van der Waals surface area contributed by atoms with E-state index in [0.717, 1.165) is 11.3 Å². The first kappa shape index (κ1) is 11.4. The van der Waals surface area contributed by atoms with E-state index in [0.29, 0.717) is 18.1 Å². The smallest absolute Gasteiger partial charge is 0.254 e. The molecule has 17 heavy (non-hydrogen) atoms. The fourth-order valence-electron chi connectivity index (χ4n) is 1.80. The second-order valence-corrected chi connectivity index (χ2v) is 4.07. The Kier molecular flexibility index (Phi) is 2.95. The third-order valence-electron chi connectivity index (χ3n) is 2.71. The largest absolute Gasteiger partial charge is 0.398 e. The van der Waals surface area contributed by atoms with Crippen molar-refractivity contribution in [3.05, 3.63) is 57.8 Å². The fraction of sp³-hybridized carbons (Fsp3) is 0.231. The molecule has 0 radical (unpaired) electrons. The van der Waals surface area contributed by atoms with E-state index in [1.165, 1.54) is 6.07 Å². The molecule has 0 spiro atoms. The lowest BCUT2D eigenvalue weighted by molar-refractivity contribution is 0.695. The van der Waals surface area contributed by atoms with E-state index in [-0.39, 0.29) is 5.56 Å². The van der Waals surface area contributed by atoms with Gasteiger partial charge >= 0.3 is 0 Å². The third kappa shape index (κ3) is 2.36. The summed E-state index contributed by atoms with van der Waals surface area (Å²) < 4.78 is 1.62. The van der Waals surface area contributed by atoms with Gasteiger partial charge in [0, 0.05) is 17.4 Å². The average molecular weight is 229 g/mol. The van der Waals surface area contributed by atoms with Gasteiger partial charge in [-0.05, 0) is 25.5 Å². The number of nitrogens with two attached hydrogens (primary N) is 1. The number of hydrogen-bond donors (Lipinski definition) is 1. The number of aromatic nitrogens is 2. The van der Waals surface area contributed by atoms with Crippen molar-refractivity contribution >= 4 is 5.69 Å². The van der Waals surface area contributed by atoms with E-state index >= 15 is 0 Å². The van der Waals surface area contributed by atoms with Gasteiger partial charge in [-0.1, -0.05) is 18.2 Å². The Morgan fingerprint density at radius 3 is 2.65 bits per heavy atom. The highest BCUT2D eigenvalue weighted by Gasteiger charge is 2.05. The highest BCUT2D eigenvalue weighted by atomic mass is 16.1. The van der Waals surface area contributed by atoms with Crippen LogP contribution in [0.3, 0.4) is 0 Å². The molecular weight excluding hydrogens is 214 g/mol. The summed E-state index contributed by atoms with van der Waals surface area (Å²) >= 11 is 0. The van der Waals surface area contributed by atoms with Crippen LogP contribution in [-0.4, -0.2) is 9.55 Å². The molecule has 0 bridgehead atoms. The molecule has 0 aliphatic carbocycles. The Bertz CT molecular complexity index is 602. The molecule has 4 heteroatoms. The lowest BCUT2D eigenvalue weighted by atomic mass is 10.2. The predicted molar refractivity (Wildman–Crippen MR) is 67.9 cm³/mol. The summed E-state index contributed by atoms with van der Waals surface area (Å²) in [5.74, 6) is 0.707. The van der Waals surface area contributed by atoms with E-state index in [1.54, 1.807) is 4.57 Å². The van der Waals surface area contributed by atoms with Crippen LogP contribution in [0.5, 0.6) is 0 Å². The topological polar surface area (TPSA) is 60.9 Å². The minimum absolute atomic E-state index is 0.0433. The highest BCUT2D eigenvalue weighted by molar-refractivity contribution is 5.46. The Hall–Kier alpha value is -2.10. The van der Waals surface area contributed by atoms with Crippen molar-refractivity contribution in [1.82, 2.24) is 9.55 Å². The van der Waals surface area contributed by atoms with Crippen molar-refractivity contribution in [2.24, 2.45) is 0 Å². The van der Waals surface area contributed by atoms with Crippen LogP contribution < -0.4 is 11.3 Å². The molecule has 0 unspecified atom stereocenters. The summed E-state index contributed by atoms with van der Waals surface area (Å²) in [5.41, 5.74) is 8.19. The molecule has 0 fully saturated rings. The van der Waals surface area contributed by atoms with E-state index in [9.17, 15) is 4.79 Å². The first-order valence-electron chi connectivity index (χ1n) is 5.46. The van der Waals surface area contributed by atoms with Gasteiger partial charge in [0.25, 0.3) is 5.56 Å². The summed E-state index contributed by atoms with van der Waals surface area (Å²) in [6.45, 7) is 4.10. The van der Waals surface area contributed by atoms with Crippen LogP contribution in [0, 0.1) is 13.8 Å². The van der Waals surface area contributed by atoms with Gasteiger partial charge in [-0.3, -0.25) is 9.36 Å². The van der Waals surface area contributed by atoms with Gasteiger partial charge < -0.3 is 5.73 Å². The van der Waals surface area contributed by atoms with Gasteiger partial charge in [0.15, 0.2) is 0 Å². The van der Waals surface area contributed by atoms with Crippen LogP contribution in [0.1, 0.15) is 17.1 Å². The summed E-state index contributed by atoms with van der Waals surface area (Å²) in [6, 6.07) is 9.07. The minimum atomic E-state index is -0.0433. The van der Waals surface area contributed by atoms with Crippen LogP contribution in [0.2, 0.25) is 0 Å². The number of nitrogen functional groups attached to an aromatic ring is 1. The van der Waals surface area contributed by atoms with Gasteiger partial charge in [0.1, 0.15) is 5.82 Å². The number of aryl methyl sites for hydroxylation is 2. The molecule has 4 nitrogen and oxygen atoms in total. The van der Waals surface area contributed by atoms with Crippen LogP contribution in [-0.2, 0) is 6.54 Å². The molecule has 1 aromatic carbocycles. The number of hydrogen-bond acceptors (Lipinski definition) is 3. The zero-order valence-electron chi connectivity index (χ0n) is 9.97. The summed E-state index contributed by atoms with van der Waals surface area (Å²) in [7, 11) is 0. The first-order chi connectivity index (χ1) is 8.08. The number of benzene rings is 1. The number of anilines is 1. The van der Waals surface area contributed by atoms with Gasteiger partial charge in [0.2, 0.25) is 0 Å². The summed E-state index contributed by atoms with van der Waals surface area (Å²) in [5, 5.41) is 0. The molecule has 0 amide bonds. The van der Waals surface area contributed by atoms with Gasteiger partial charge in [0.05, 0.1) is 6.54 Å². The zero-order chi connectivity index (χ0) is 12.4. The Labute approximate surface area is 99.7 Å². The maximum atomic E-state index is 11.9. The fourth-order valence-corrected chi connectivity index (χ4v) is 1.80. The molecule has 0 saturated carbocycles. The average Bonchev–Trinajstić information content (AvgIpc) is 2.25. The first-order valence-corrected chi connectivity index (χ1v) is 5.46. The quantitative estimate of drug-likeness (QED) is 0.794. The van der Waals surface area contributed by atoms with E-state index < -0.39 is 0 Å². The van der Waals surface area contributed by atoms with Crippen molar-refractivity contribution < 1.29 is 0 Å². The van der Waals surface area contributed by atoms with Crippen LogP contribution in [0.25, 0.3) is 0 Å². The molecule has 2 N–H and O–H groups in total. The lowest BCUT2D eigenvalue weighted by Crippen LogP contribution is -2.24. The molecule has 2 aromatic rings. The number of nitrogens with zero attached hydrogens (tertiary/aromatic N) is 2. The van der Waals surface area contributed by atoms with E-state index in [1.807, 2.05) is 38.1 Å². The Balaban J connectivity index is 2.44. The predicted octanol–water partition coefficient (Wildman–Crippen LogP) is 1.49. The van der Waals surface area contributed by atoms with E-state index in [2.05, 4.69) is 4.98 Å². The van der Waals surface area contributed by atoms with Gasteiger partial charge in [-0.25, -0.2) is 4.98 Å². The molecule has 0 atom stereocenters. The maximum Gasteiger partial charge on any atom is 0.254 e. The summed E-state index contributed by atoms with van der Waals surface area (Å²) in [4.78, 5) is 16.1. The van der Waals surface area contributed by atoms with Gasteiger partial charge in [-0.15, -0.1) is 0 Å². The molecule has 1 heterocycles. The molecular formula is C13H15N3O. The summed E-state index contributed by atoms with van der Waals surface area (Å²) in [6.07, 6.45) is 0. The Morgan fingerprint density at radius 2 is 2.00 bits per heavy atom. The molecule has 88 valence electrons. The normalized spacial score (nSPS) is 10.5. The molecule has 0 aliphatic heterocycles. The zero-order valence-corrected chi connectivity index (χ0v) is 9.97. The third-order valence-corrected chi connectivity index (χ3v) is 2.71. The van der Waals surface area contributed by atoms with Crippen LogP contribution >= 0.6 is 0 Å². The SMILES string of the molecule is Cc1cc(=O)n(Cc2ccccc2N)c(C)n1. The molecule has 0 aliphatic rings. The van der Waals surface area contributed by atoms with E-state index in [4.69, 9.17) is 5.73 Å². The second kappa shape index (κ2) is 4.41. The van der Waals surface area contributed by atoms with Crippen molar-refractivity contribution in [2.45, 2.75) is 20.4 Å². The van der Waals surface area contributed by atoms with Crippen molar-refractivity contribution in [2.75, 3.05) is 5.73 Å². The van der Waals surface area contributed by atoms with Crippen LogP contribution in [0.4, 0.5) is 5.69 Å². The number of rotatable bonds is 2. The number of para-hydroxylation sites is 1. The minimum Gasteiger partial charge on any atom is -0.398 e. The second-order valence-electron chi connectivity index (χ2n) is 4.07. The van der Waals surface area contributed by atoms with Crippen molar-refractivity contribution in [3.63, 3.8) is 0 Å². The standard InChI is InChI=1S/C13H15N3O/c1-9-7-13(17)16(10(2)15-9)8-11-5-3-4-6-12(11)14/h3-7H,8,14H2,1-2H3. The molecule has 2 rings (SSSR count). The molecule has 1 aromatic heterocycles. The molecule has 0 saturated heterocycles. The lowest BCUT2D eigenvalue weighted by Gasteiger charge is -2.11. The van der Waals surface area contributed by atoms with Crippen LogP contribution in [0.15, 0.2) is 35.1 Å². The maximum absolute atomic E-state index is 11.9. The van der Waals surface area contributed by atoms with Crippen molar-refractivity contribution in [3.8, 4) is 0 Å². The Morgan fingerprint density at radius 1 is 1.29 bits per heavy atom. The van der Waals surface area contributed by atoms with Gasteiger partial charge in [-0.2, -0.15) is 0 Å².